The van der Waals surface area contributed by atoms with E-state index in [4.69, 9.17) is 10.5 Å². The lowest BCUT2D eigenvalue weighted by molar-refractivity contribution is -0.0470. The van der Waals surface area contributed by atoms with Crippen LogP contribution in [0.25, 0.3) is 0 Å². The Bertz CT molecular complexity index is 320. The second kappa shape index (κ2) is 6.70. The second-order valence-electron chi connectivity index (χ2n) is 6.68. The van der Waals surface area contributed by atoms with Crippen molar-refractivity contribution in [3.63, 3.8) is 0 Å². The van der Waals surface area contributed by atoms with Crippen LogP contribution in [0.3, 0.4) is 0 Å². The monoisotopic (exact) mass is 292 g/mol. The van der Waals surface area contributed by atoms with E-state index in [1.54, 1.807) is 20.8 Å². The Balaban J connectivity index is 2.21. The number of rotatable bonds is 4. The molecule has 6 heteroatoms. The maximum absolute atomic E-state index is 13.0. The topological polar surface area (TPSA) is 64.3 Å². The van der Waals surface area contributed by atoms with E-state index in [2.05, 4.69) is 5.32 Å². The number of ether oxygens (including phenoxy) is 1. The number of amides is 1. The van der Waals surface area contributed by atoms with Crippen molar-refractivity contribution < 1.29 is 18.3 Å². The van der Waals surface area contributed by atoms with Gasteiger partial charge in [-0.3, -0.25) is 0 Å². The Morgan fingerprint density at radius 3 is 2.45 bits per heavy atom. The molecule has 1 aliphatic carbocycles. The average Bonchev–Trinajstić information content (AvgIpc) is 2.27. The molecule has 0 bridgehead atoms. The largest absolute Gasteiger partial charge is 0.444 e. The fourth-order valence-electron chi connectivity index (χ4n) is 2.38. The van der Waals surface area contributed by atoms with Gasteiger partial charge in [0.1, 0.15) is 5.60 Å². The second-order valence-corrected chi connectivity index (χ2v) is 6.68. The van der Waals surface area contributed by atoms with E-state index < -0.39 is 17.6 Å². The molecule has 3 N–H and O–H groups in total. The quantitative estimate of drug-likeness (QED) is 0.837. The minimum Gasteiger partial charge on any atom is -0.444 e. The number of hydrogen-bond donors (Lipinski definition) is 2. The summed E-state index contributed by atoms with van der Waals surface area (Å²) in [4.78, 5) is 11.5. The van der Waals surface area contributed by atoms with Gasteiger partial charge >= 0.3 is 6.09 Å². The molecule has 1 unspecified atom stereocenters. The maximum Gasteiger partial charge on any atom is 0.407 e. The molecule has 1 amide bonds. The molecule has 0 aromatic rings. The van der Waals surface area contributed by atoms with Crippen LogP contribution in [0.4, 0.5) is 13.6 Å². The number of alkyl carbamates (subject to hydrolysis) is 1. The Morgan fingerprint density at radius 1 is 1.40 bits per heavy atom. The molecule has 0 heterocycles. The van der Waals surface area contributed by atoms with Gasteiger partial charge < -0.3 is 15.8 Å². The molecular weight excluding hydrogens is 266 g/mol. The van der Waals surface area contributed by atoms with Crippen molar-refractivity contribution in [3.05, 3.63) is 0 Å². The lowest BCUT2D eigenvalue weighted by atomic mass is 9.83. The van der Waals surface area contributed by atoms with Crippen LogP contribution in [-0.2, 0) is 4.74 Å². The van der Waals surface area contributed by atoms with E-state index in [0.717, 1.165) is 0 Å². The maximum atomic E-state index is 13.0. The summed E-state index contributed by atoms with van der Waals surface area (Å²) in [6.07, 6.45) is 1.07. The molecule has 0 aliphatic heterocycles. The summed E-state index contributed by atoms with van der Waals surface area (Å²) < 4.78 is 31.1. The van der Waals surface area contributed by atoms with Gasteiger partial charge in [-0.05, 0) is 46.0 Å². The molecule has 1 aliphatic rings. The molecule has 1 rings (SSSR count). The summed E-state index contributed by atoms with van der Waals surface area (Å²) >= 11 is 0. The summed E-state index contributed by atoms with van der Waals surface area (Å²) in [5, 5.41) is 2.61. The van der Waals surface area contributed by atoms with Gasteiger partial charge in [0, 0.05) is 25.4 Å². The molecule has 20 heavy (non-hydrogen) atoms. The van der Waals surface area contributed by atoms with Crippen molar-refractivity contribution in [2.75, 3.05) is 6.54 Å². The highest BCUT2D eigenvalue weighted by Gasteiger charge is 2.35. The normalized spacial score (nSPS) is 21.3. The number of nitrogens with two attached hydrogens (primary N) is 1. The minimum atomic E-state index is -2.50. The molecule has 0 radical (unpaired) electrons. The fourth-order valence-corrected chi connectivity index (χ4v) is 2.38. The average molecular weight is 292 g/mol. The van der Waals surface area contributed by atoms with E-state index in [-0.39, 0.29) is 24.8 Å². The molecule has 0 aromatic heterocycles. The zero-order chi connectivity index (χ0) is 15.4. The van der Waals surface area contributed by atoms with Crippen molar-refractivity contribution in [2.45, 2.75) is 70.4 Å². The first-order valence-corrected chi connectivity index (χ1v) is 7.18. The molecule has 1 fully saturated rings. The Morgan fingerprint density at radius 2 is 1.95 bits per heavy atom. The van der Waals surface area contributed by atoms with Crippen LogP contribution in [0.5, 0.6) is 0 Å². The highest BCUT2D eigenvalue weighted by molar-refractivity contribution is 5.67. The summed E-state index contributed by atoms with van der Waals surface area (Å²) in [5.41, 5.74) is 5.39. The SMILES string of the molecule is CC(C)(C)OC(=O)NCC(N)CC1CCC(F)(F)CC1. The van der Waals surface area contributed by atoms with Crippen molar-refractivity contribution in [1.82, 2.24) is 5.32 Å². The molecule has 4 nitrogen and oxygen atoms in total. The number of carbonyl (C=O) groups is 1. The zero-order valence-electron chi connectivity index (χ0n) is 12.5. The van der Waals surface area contributed by atoms with Gasteiger partial charge in [0.2, 0.25) is 5.92 Å². The number of alkyl halides is 2. The Hall–Kier alpha value is -0.910. The predicted octanol–water partition coefficient (Wildman–Crippen LogP) is 3.05. The summed E-state index contributed by atoms with van der Waals surface area (Å²) in [6.45, 7) is 5.67. The molecule has 0 aromatic carbocycles. The van der Waals surface area contributed by atoms with Gasteiger partial charge in [-0.15, -0.1) is 0 Å². The first-order chi connectivity index (χ1) is 9.07. The lowest BCUT2D eigenvalue weighted by Crippen LogP contribution is -2.41. The first kappa shape index (κ1) is 17.1. The Kier molecular flexibility index (Phi) is 5.74. The molecule has 1 saturated carbocycles. The molecule has 1 atom stereocenters. The van der Waals surface area contributed by atoms with Gasteiger partial charge in [-0.25, -0.2) is 13.6 Å². The molecule has 0 saturated heterocycles. The van der Waals surface area contributed by atoms with Crippen molar-refractivity contribution in [2.24, 2.45) is 11.7 Å². The third-order valence-corrected chi connectivity index (χ3v) is 3.38. The van der Waals surface area contributed by atoms with Crippen LogP contribution >= 0.6 is 0 Å². The van der Waals surface area contributed by atoms with E-state index in [0.29, 0.717) is 25.8 Å². The van der Waals surface area contributed by atoms with Crippen LogP contribution in [0, 0.1) is 5.92 Å². The number of carbonyl (C=O) groups excluding carboxylic acids is 1. The smallest absolute Gasteiger partial charge is 0.407 e. The number of nitrogens with one attached hydrogen (secondary N) is 1. The van der Waals surface area contributed by atoms with E-state index >= 15 is 0 Å². The van der Waals surface area contributed by atoms with E-state index in [1.807, 2.05) is 0 Å². The zero-order valence-corrected chi connectivity index (χ0v) is 12.5. The predicted molar refractivity (Wildman–Crippen MR) is 73.7 cm³/mol. The van der Waals surface area contributed by atoms with Gasteiger partial charge in [-0.2, -0.15) is 0 Å². The van der Waals surface area contributed by atoms with Crippen molar-refractivity contribution >= 4 is 6.09 Å². The highest BCUT2D eigenvalue weighted by Crippen LogP contribution is 2.37. The number of halogens is 2. The van der Waals surface area contributed by atoms with Gasteiger partial charge in [-0.1, -0.05) is 0 Å². The van der Waals surface area contributed by atoms with Crippen LogP contribution in [-0.4, -0.2) is 30.2 Å². The molecular formula is C14H26F2N2O2. The molecule has 118 valence electrons. The first-order valence-electron chi connectivity index (χ1n) is 7.18. The van der Waals surface area contributed by atoms with Crippen molar-refractivity contribution in [1.29, 1.82) is 0 Å². The van der Waals surface area contributed by atoms with E-state index in [9.17, 15) is 13.6 Å². The third-order valence-electron chi connectivity index (χ3n) is 3.38. The van der Waals surface area contributed by atoms with Gasteiger partial charge in [0.15, 0.2) is 0 Å². The highest BCUT2D eigenvalue weighted by atomic mass is 19.3. The van der Waals surface area contributed by atoms with E-state index in [1.165, 1.54) is 0 Å². The minimum absolute atomic E-state index is 0.0517. The summed E-state index contributed by atoms with van der Waals surface area (Å²) in [7, 11) is 0. The Labute approximate surface area is 119 Å². The van der Waals surface area contributed by atoms with Crippen LogP contribution < -0.4 is 11.1 Å². The summed E-state index contributed by atoms with van der Waals surface area (Å²) in [6, 6.07) is -0.223. The van der Waals surface area contributed by atoms with Crippen LogP contribution in [0.1, 0.15) is 52.9 Å². The van der Waals surface area contributed by atoms with Crippen molar-refractivity contribution in [3.8, 4) is 0 Å². The van der Waals surface area contributed by atoms with Gasteiger partial charge in [0.25, 0.3) is 0 Å². The number of hydrogen-bond acceptors (Lipinski definition) is 3. The fraction of sp³-hybridized carbons (Fsp3) is 0.929. The van der Waals surface area contributed by atoms with Crippen LogP contribution in [0.2, 0.25) is 0 Å². The van der Waals surface area contributed by atoms with Crippen LogP contribution in [0.15, 0.2) is 0 Å². The summed E-state index contributed by atoms with van der Waals surface area (Å²) in [5.74, 6) is -2.28. The standard InChI is InChI=1S/C14H26F2N2O2/c1-13(2,3)20-12(19)18-9-11(17)8-10-4-6-14(15,16)7-5-10/h10-11H,4-9,17H2,1-3H3,(H,18,19). The lowest BCUT2D eigenvalue weighted by Gasteiger charge is -2.29. The third kappa shape index (κ3) is 7.03. The molecule has 0 spiro atoms. The van der Waals surface area contributed by atoms with Gasteiger partial charge in [0.05, 0.1) is 0 Å².